The highest BCUT2D eigenvalue weighted by Crippen LogP contribution is 2.32. The number of hydrogen-bond acceptors (Lipinski definition) is 3. The SMILES string of the molecule is Cn1cc([C@@H](NCC(=O)N2CCCCC2)C(F)(F)F)cn1. The first-order valence-corrected chi connectivity index (χ1v) is 6.94. The number of amides is 1. The lowest BCUT2D eigenvalue weighted by molar-refractivity contribution is -0.159. The summed E-state index contributed by atoms with van der Waals surface area (Å²) in [5.41, 5.74) is 0.0106. The highest BCUT2D eigenvalue weighted by Gasteiger charge is 2.41. The van der Waals surface area contributed by atoms with Crippen LogP contribution in [0.4, 0.5) is 13.2 Å². The van der Waals surface area contributed by atoms with Gasteiger partial charge in [0.1, 0.15) is 6.04 Å². The zero-order chi connectivity index (χ0) is 15.5. The minimum absolute atomic E-state index is 0.0106. The Labute approximate surface area is 121 Å². The van der Waals surface area contributed by atoms with Crippen molar-refractivity contribution in [3.63, 3.8) is 0 Å². The van der Waals surface area contributed by atoms with Crippen LogP contribution < -0.4 is 5.32 Å². The lowest BCUT2D eigenvalue weighted by Gasteiger charge is -2.28. The van der Waals surface area contributed by atoms with Crippen LogP contribution in [0.3, 0.4) is 0 Å². The maximum atomic E-state index is 13.1. The number of nitrogens with zero attached hydrogens (tertiary/aromatic N) is 3. The van der Waals surface area contributed by atoms with Crippen LogP contribution in [0.1, 0.15) is 30.9 Å². The van der Waals surface area contributed by atoms with Crippen molar-refractivity contribution in [1.82, 2.24) is 20.0 Å². The van der Waals surface area contributed by atoms with Gasteiger partial charge in [0.15, 0.2) is 0 Å². The third-order valence-electron chi connectivity index (χ3n) is 3.55. The van der Waals surface area contributed by atoms with E-state index in [1.54, 1.807) is 11.9 Å². The van der Waals surface area contributed by atoms with Crippen molar-refractivity contribution >= 4 is 5.91 Å². The van der Waals surface area contributed by atoms with E-state index in [2.05, 4.69) is 10.4 Å². The van der Waals surface area contributed by atoms with E-state index in [-0.39, 0.29) is 18.0 Å². The van der Waals surface area contributed by atoms with Crippen LogP contribution in [0, 0.1) is 0 Å². The van der Waals surface area contributed by atoms with Gasteiger partial charge in [0.05, 0.1) is 12.7 Å². The molecule has 0 aliphatic carbocycles. The molecule has 1 fully saturated rings. The molecule has 1 aromatic heterocycles. The van der Waals surface area contributed by atoms with Crippen molar-refractivity contribution in [2.24, 2.45) is 7.05 Å². The van der Waals surface area contributed by atoms with Crippen LogP contribution in [-0.2, 0) is 11.8 Å². The van der Waals surface area contributed by atoms with E-state index in [1.165, 1.54) is 10.9 Å². The van der Waals surface area contributed by atoms with Gasteiger partial charge in [0, 0.05) is 31.9 Å². The molecule has 0 aromatic carbocycles. The van der Waals surface area contributed by atoms with E-state index in [0.717, 1.165) is 25.5 Å². The molecule has 0 bridgehead atoms. The fourth-order valence-corrected chi connectivity index (χ4v) is 2.46. The number of alkyl halides is 3. The fraction of sp³-hybridized carbons (Fsp3) is 0.692. The molecule has 1 aromatic rings. The Morgan fingerprint density at radius 2 is 2.05 bits per heavy atom. The topological polar surface area (TPSA) is 50.2 Å². The van der Waals surface area contributed by atoms with Crippen molar-refractivity contribution in [3.8, 4) is 0 Å². The van der Waals surface area contributed by atoms with Crippen LogP contribution in [0.2, 0.25) is 0 Å². The molecule has 5 nitrogen and oxygen atoms in total. The predicted octanol–water partition coefficient (Wildman–Crippen LogP) is 1.63. The van der Waals surface area contributed by atoms with Crippen LogP contribution in [0.5, 0.6) is 0 Å². The summed E-state index contributed by atoms with van der Waals surface area (Å²) in [6.45, 7) is 0.938. The normalized spacial score (nSPS) is 17.8. The summed E-state index contributed by atoms with van der Waals surface area (Å²) in [5, 5.41) is 6.07. The first kappa shape index (κ1) is 15.8. The van der Waals surface area contributed by atoms with Crippen molar-refractivity contribution in [1.29, 1.82) is 0 Å². The summed E-state index contributed by atoms with van der Waals surface area (Å²) in [5.74, 6) is -0.284. The number of hydrogen-bond donors (Lipinski definition) is 1. The highest BCUT2D eigenvalue weighted by atomic mass is 19.4. The molecule has 0 saturated carbocycles. The Kier molecular flexibility index (Phi) is 4.87. The van der Waals surface area contributed by atoms with E-state index >= 15 is 0 Å². The maximum Gasteiger partial charge on any atom is 0.408 e. The quantitative estimate of drug-likeness (QED) is 0.920. The molecule has 1 aliphatic heterocycles. The molecule has 8 heteroatoms. The fourth-order valence-electron chi connectivity index (χ4n) is 2.46. The van der Waals surface area contributed by atoms with Crippen molar-refractivity contribution in [2.75, 3.05) is 19.6 Å². The van der Waals surface area contributed by atoms with Crippen LogP contribution in [0.25, 0.3) is 0 Å². The maximum absolute atomic E-state index is 13.1. The Morgan fingerprint density at radius 1 is 1.38 bits per heavy atom. The summed E-state index contributed by atoms with van der Waals surface area (Å²) in [6, 6.07) is -1.88. The zero-order valence-corrected chi connectivity index (χ0v) is 11.9. The van der Waals surface area contributed by atoms with Gasteiger partial charge in [0.25, 0.3) is 0 Å². The van der Waals surface area contributed by atoms with Gasteiger partial charge in [-0.25, -0.2) is 0 Å². The van der Waals surface area contributed by atoms with E-state index in [1.807, 2.05) is 0 Å². The highest BCUT2D eigenvalue weighted by molar-refractivity contribution is 5.78. The van der Waals surface area contributed by atoms with Crippen molar-refractivity contribution in [2.45, 2.75) is 31.5 Å². The second-order valence-electron chi connectivity index (χ2n) is 5.24. The number of halogens is 3. The third kappa shape index (κ3) is 4.20. The van der Waals surface area contributed by atoms with E-state index in [0.29, 0.717) is 13.1 Å². The van der Waals surface area contributed by atoms with Gasteiger partial charge in [-0.05, 0) is 19.3 Å². The molecule has 1 aliphatic rings. The molecule has 2 rings (SSSR count). The first-order chi connectivity index (χ1) is 9.88. The van der Waals surface area contributed by atoms with Crippen LogP contribution in [-0.4, -0.2) is 46.4 Å². The number of carbonyl (C=O) groups is 1. The van der Waals surface area contributed by atoms with Crippen molar-refractivity contribution in [3.05, 3.63) is 18.0 Å². The van der Waals surface area contributed by atoms with Gasteiger partial charge >= 0.3 is 6.18 Å². The van der Waals surface area contributed by atoms with Gasteiger partial charge in [0.2, 0.25) is 5.91 Å². The monoisotopic (exact) mass is 304 g/mol. The van der Waals surface area contributed by atoms with E-state index in [9.17, 15) is 18.0 Å². The molecular formula is C13H19F3N4O. The molecule has 1 saturated heterocycles. The second-order valence-corrected chi connectivity index (χ2v) is 5.24. The zero-order valence-electron chi connectivity index (χ0n) is 11.9. The minimum atomic E-state index is -4.47. The molecule has 1 atom stereocenters. The van der Waals surface area contributed by atoms with Gasteiger partial charge < -0.3 is 4.90 Å². The number of likely N-dealkylation sites (tertiary alicyclic amines) is 1. The summed E-state index contributed by atoms with van der Waals surface area (Å²) in [6.07, 6.45) is 0.893. The number of rotatable bonds is 4. The van der Waals surface area contributed by atoms with Gasteiger partial charge in [-0.2, -0.15) is 18.3 Å². The van der Waals surface area contributed by atoms with E-state index in [4.69, 9.17) is 0 Å². The number of carbonyl (C=O) groups excluding carboxylic acids is 1. The first-order valence-electron chi connectivity index (χ1n) is 6.94. The lowest BCUT2D eigenvalue weighted by Crippen LogP contribution is -2.44. The lowest BCUT2D eigenvalue weighted by atomic mass is 10.1. The molecule has 118 valence electrons. The number of piperidine rings is 1. The summed E-state index contributed by atoms with van der Waals surface area (Å²) in [4.78, 5) is 13.6. The van der Waals surface area contributed by atoms with Crippen LogP contribution in [0.15, 0.2) is 12.4 Å². The molecule has 0 unspecified atom stereocenters. The minimum Gasteiger partial charge on any atom is -0.342 e. The summed E-state index contributed by atoms with van der Waals surface area (Å²) in [7, 11) is 1.55. The predicted molar refractivity (Wildman–Crippen MR) is 70.4 cm³/mol. The van der Waals surface area contributed by atoms with Crippen LogP contribution >= 0.6 is 0 Å². The van der Waals surface area contributed by atoms with Gasteiger partial charge in [-0.1, -0.05) is 0 Å². The summed E-state index contributed by atoms with van der Waals surface area (Å²) < 4.78 is 40.6. The molecular weight excluding hydrogens is 285 g/mol. The molecule has 0 radical (unpaired) electrons. The number of aryl methyl sites for hydroxylation is 1. The Balaban J connectivity index is 1.98. The standard InChI is InChI=1S/C13H19F3N4O/c1-19-9-10(7-18-19)12(13(14,15)16)17-8-11(21)20-5-3-2-4-6-20/h7,9,12,17H,2-6,8H2,1H3/t12-/m1/s1. The Hall–Kier alpha value is -1.57. The molecule has 1 amide bonds. The second kappa shape index (κ2) is 6.46. The Morgan fingerprint density at radius 3 is 2.57 bits per heavy atom. The number of nitrogens with one attached hydrogen (secondary N) is 1. The molecule has 21 heavy (non-hydrogen) atoms. The largest absolute Gasteiger partial charge is 0.408 e. The molecule has 0 spiro atoms. The smallest absolute Gasteiger partial charge is 0.342 e. The summed E-state index contributed by atoms with van der Waals surface area (Å²) >= 11 is 0. The number of aromatic nitrogens is 2. The average molecular weight is 304 g/mol. The third-order valence-corrected chi connectivity index (χ3v) is 3.55. The molecule has 1 N–H and O–H groups in total. The Bertz CT molecular complexity index is 480. The van der Waals surface area contributed by atoms with Crippen molar-refractivity contribution < 1.29 is 18.0 Å². The van der Waals surface area contributed by atoms with Gasteiger partial charge in [-0.15, -0.1) is 0 Å². The van der Waals surface area contributed by atoms with E-state index < -0.39 is 12.2 Å². The molecule has 2 heterocycles. The van der Waals surface area contributed by atoms with Gasteiger partial charge in [-0.3, -0.25) is 14.8 Å². The average Bonchev–Trinajstić information content (AvgIpc) is 2.84.